The zero-order valence-corrected chi connectivity index (χ0v) is 7.12. The van der Waals surface area contributed by atoms with Gasteiger partial charge in [-0.15, -0.1) is 0 Å². The molecule has 1 rings (SSSR count). The van der Waals surface area contributed by atoms with Crippen molar-refractivity contribution in [1.29, 1.82) is 0 Å². The second kappa shape index (κ2) is 1.74. The van der Waals surface area contributed by atoms with Crippen LogP contribution in [0.5, 0.6) is 0 Å². The minimum absolute atomic E-state index is 0.656. The van der Waals surface area contributed by atoms with Crippen molar-refractivity contribution >= 4 is 0 Å². The van der Waals surface area contributed by atoms with Gasteiger partial charge in [0.15, 0.2) is 0 Å². The summed E-state index contributed by atoms with van der Waals surface area (Å²) in [6.45, 7) is 9.45. The van der Waals surface area contributed by atoms with E-state index in [0.717, 1.165) is 0 Å². The van der Waals surface area contributed by atoms with Crippen LogP contribution >= 0.6 is 0 Å². The van der Waals surface area contributed by atoms with Gasteiger partial charge in [-0.2, -0.15) is 0 Å². The van der Waals surface area contributed by atoms with Gasteiger partial charge in [0.2, 0.25) is 0 Å². The first-order chi connectivity index (χ1) is 4.02. The normalized spacial score (nSPS) is 38.7. The highest BCUT2D eigenvalue weighted by molar-refractivity contribution is 5.05. The molecule has 0 N–H and O–H groups in total. The predicted octanol–water partition coefficient (Wildman–Crippen LogP) is 3.22. The first-order valence-electron chi connectivity index (χ1n) is 4.02. The van der Waals surface area contributed by atoms with E-state index >= 15 is 0 Å². The molecule has 1 fully saturated rings. The third-order valence-corrected chi connectivity index (χ3v) is 3.14. The van der Waals surface area contributed by atoms with Crippen molar-refractivity contribution in [2.75, 3.05) is 0 Å². The van der Waals surface area contributed by atoms with Crippen LogP contribution in [0, 0.1) is 10.8 Å². The van der Waals surface area contributed by atoms with Crippen molar-refractivity contribution in [3.05, 3.63) is 0 Å². The summed E-state index contributed by atoms with van der Waals surface area (Å²) in [6.07, 6.45) is 4.20. The summed E-state index contributed by atoms with van der Waals surface area (Å²) >= 11 is 0. The van der Waals surface area contributed by atoms with Crippen molar-refractivity contribution in [3.8, 4) is 0 Å². The number of rotatable bonds is 2. The predicted molar refractivity (Wildman–Crippen MR) is 41.4 cm³/mol. The van der Waals surface area contributed by atoms with Gasteiger partial charge in [-0.1, -0.05) is 34.1 Å². The zero-order chi connectivity index (χ0) is 7.12. The summed E-state index contributed by atoms with van der Waals surface area (Å²) in [4.78, 5) is 0. The maximum atomic E-state index is 2.41. The van der Waals surface area contributed by atoms with Gasteiger partial charge in [0.25, 0.3) is 0 Å². The molecule has 54 valence electrons. The molecule has 0 aromatic carbocycles. The van der Waals surface area contributed by atoms with Crippen molar-refractivity contribution in [2.24, 2.45) is 10.8 Å². The van der Waals surface area contributed by atoms with Crippen LogP contribution in [-0.2, 0) is 0 Å². The van der Waals surface area contributed by atoms with Gasteiger partial charge in [-0.25, -0.2) is 0 Å². The molecule has 0 amide bonds. The maximum absolute atomic E-state index is 2.41. The molecule has 1 aliphatic rings. The molecule has 0 aromatic rings. The van der Waals surface area contributed by atoms with E-state index in [9.17, 15) is 0 Å². The van der Waals surface area contributed by atoms with Crippen molar-refractivity contribution in [1.82, 2.24) is 0 Å². The van der Waals surface area contributed by atoms with Crippen LogP contribution in [-0.4, -0.2) is 0 Å². The van der Waals surface area contributed by atoms with Gasteiger partial charge in [-0.3, -0.25) is 0 Å². The molecule has 9 heavy (non-hydrogen) atoms. The largest absolute Gasteiger partial charge is 0.0654 e. The van der Waals surface area contributed by atoms with E-state index in [-0.39, 0.29) is 0 Å². The molecule has 0 aromatic heterocycles. The summed E-state index contributed by atoms with van der Waals surface area (Å²) in [7, 11) is 0. The Kier molecular flexibility index (Phi) is 1.38. The summed E-state index contributed by atoms with van der Waals surface area (Å²) in [5.74, 6) is 0. The first-order valence-corrected chi connectivity index (χ1v) is 4.02. The topological polar surface area (TPSA) is 0 Å². The highest BCUT2D eigenvalue weighted by Crippen LogP contribution is 2.65. The Balaban J connectivity index is 2.42. The van der Waals surface area contributed by atoms with Crippen molar-refractivity contribution in [3.63, 3.8) is 0 Å². The number of hydrogen-bond acceptors (Lipinski definition) is 0. The minimum atomic E-state index is 0.656. The maximum Gasteiger partial charge on any atom is -0.0269 e. The highest BCUT2D eigenvalue weighted by atomic mass is 14.6. The van der Waals surface area contributed by atoms with Crippen molar-refractivity contribution in [2.45, 2.75) is 47.0 Å². The van der Waals surface area contributed by atoms with Gasteiger partial charge in [-0.05, 0) is 23.7 Å². The Morgan fingerprint density at radius 3 is 1.78 bits per heavy atom. The third kappa shape index (κ3) is 0.997. The summed E-state index contributed by atoms with van der Waals surface area (Å²) in [6, 6.07) is 0. The molecule has 1 saturated carbocycles. The van der Waals surface area contributed by atoms with Crippen molar-refractivity contribution < 1.29 is 0 Å². The smallest absolute Gasteiger partial charge is 0.0269 e. The summed E-state index contributed by atoms with van der Waals surface area (Å²) in [5, 5.41) is 0. The molecule has 0 spiro atoms. The molecule has 0 nitrogen and oxygen atoms in total. The van der Waals surface area contributed by atoms with Crippen LogP contribution in [0.15, 0.2) is 0 Å². The van der Waals surface area contributed by atoms with E-state index < -0.39 is 0 Å². The molecule has 0 heterocycles. The quantitative estimate of drug-likeness (QED) is 0.533. The van der Waals surface area contributed by atoms with E-state index in [2.05, 4.69) is 27.7 Å². The Morgan fingerprint density at radius 2 is 1.67 bits per heavy atom. The van der Waals surface area contributed by atoms with Gasteiger partial charge in [0.05, 0.1) is 0 Å². The molecule has 1 atom stereocenters. The van der Waals surface area contributed by atoms with Crippen LogP contribution in [0.3, 0.4) is 0 Å². The van der Waals surface area contributed by atoms with Gasteiger partial charge >= 0.3 is 0 Å². The molecular weight excluding hydrogens is 108 g/mol. The Labute approximate surface area is 58.7 Å². The molecule has 0 saturated heterocycles. The lowest BCUT2D eigenvalue weighted by Gasteiger charge is -2.12. The van der Waals surface area contributed by atoms with Crippen LogP contribution in [0.2, 0.25) is 0 Å². The lowest BCUT2D eigenvalue weighted by molar-refractivity contribution is 0.386. The standard InChI is InChI=1S/C9H18/c1-5-6-9(4)7-8(9,2)3/h5-7H2,1-4H3. The fraction of sp³-hybridized carbons (Fsp3) is 1.00. The summed E-state index contributed by atoms with van der Waals surface area (Å²) < 4.78 is 0. The van der Waals surface area contributed by atoms with E-state index in [1.807, 2.05) is 0 Å². The molecule has 0 radical (unpaired) electrons. The van der Waals surface area contributed by atoms with E-state index in [1.165, 1.54) is 19.3 Å². The molecule has 1 aliphatic carbocycles. The number of hydrogen-bond donors (Lipinski definition) is 0. The van der Waals surface area contributed by atoms with E-state index in [4.69, 9.17) is 0 Å². The molecule has 0 aliphatic heterocycles. The first kappa shape index (κ1) is 7.11. The average Bonchev–Trinajstić information content (AvgIpc) is 2.07. The Hall–Kier alpha value is 0. The van der Waals surface area contributed by atoms with Gasteiger partial charge < -0.3 is 0 Å². The third-order valence-electron chi connectivity index (χ3n) is 3.14. The lowest BCUT2D eigenvalue weighted by atomic mass is 9.93. The molecule has 1 unspecified atom stereocenters. The van der Waals surface area contributed by atoms with Crippen LogP contribution in [0.1, 0.15) is 47.0 Å². The van der Waals surface area contributed by atoms with E-state index in [1.54, 1.807) is 0 Å². The SMILES string of the molecule is CCCC1(C)CC1(C)C. The second-order valence-corrected chi connectivity index (χ2v) is 4.37. The van der Waals surface area contributed by atoms with Gasteiger partial charge in [0.1, 0.15) is 0 Å². The van der Waals surface area contributed by atoms with Crippen LogP contribution < -0.4 is 0 Å². The van der Waals surface area contributed by atoms with Crippen LogP contribution in [0.25, 0.3) is 0 Å². The molecule has 0 bridgehead atoms. The second-order valence-electron chi connectivity index (χ2n) is 4.37. The Bertz CT molecular complexity index is 113. The molecule has 0 heteroatoms. The fourth-order valence-electron chi connectivity index (χ4n) is 1.91. The average molecular weight is 126 g/mol. The van der Waals surface area contributed by atoms with E-state index in [0.29, 0.717) is 10.8 Å². The molecular formula is C9H18. The van der Waals surface area contributed by atoms with Crippen LogP contribution in [0.4, 0.5) is 0 Å². The monoisotopic (exact) mass is 126 g/mol. The lowest BCUT2D eigenvalue weighted by Crippen LogP contribution is -2.02. The Morgan fingerprint density at radius 1 is 1.22 bits per heavy atom. The minimum Gasteiger partial charge on any atom is -0.0654 e. The van der Waals surface area contributed by atoms with Gasteiger partial charge in [0, 0.05) is 0 Å². The summed E-state index contributed by atoms with van der Waals surface area (Å²) in [5.41, 5.74) is 1.35. The fourth-order valence-corrected chi connectivity index (χ4v) is 1.91. The zero-order valence-electron chi connectivity index (χ0n) is 7.12. The highest BCUT2D eigenvalue weighted by Gasteiger charge is 2.55.